The van der Waals surface area contributed by atoms with Crippen LogP contribution in [0.15, 0.2) is 0 Å². The zero-order valence-corrected chi connectivity index (χ0v) is 11.9. The van der Waals surface area contributed by atoms with Crippen LogP contribution in [0.25, 0.3) is 0 Å². The van der Waals surface area contributed by atoms with E-state index in [-0.39, 0.29) is 0 Å². The molecule has 0 aromatic carbocycles. The highest BCUT2D eigenvalue weighted by molar-refractivity contribution is 7.99. The van der Waals surface area contributed by atoms with Gasteiger partial charge in [0.15, 0.2) is 0 Å². The van der Waals surface area contributed by atoms with Gasteiger partial charge in [0, 0.05) is 17.8 Å². The molecule has 0 radical (unpaired) electrons. The van der Waals surface area contributed by atoms with E-state index in [4.69, 9.17) is 0 Å². The van der Waals surface area contributed by atoms with E-state index in [9.17, 15) is 5.11 Å². The summed E-state index contributed by atoms with van der Waals surface area (Å²) in [7, 11) is 0. The Labute approximate surface area is 105 Å². The van der Waals surface area contributed by atoms with Crippen LogP contribution in [0, 0.1) is 5.92 Å². The highest BCUT2D eigenvalue weighted by Gasteiger charge is 2.27. The lowest BCUT2D eigenvalue weighted by molar-refractivity contribution is 0.0108. The molecular formula is C13H27NOS. The Hall–Kier alpha value is 0.270. The predicted octanol–water partition coefficient (Wildman–Crippen LogP) is 2.66. The summed E-state index contributed by atoms with van der Waals surface area (Å²) in [5.41, 5.74) is -0.573. The normalized spacial score (nSPS) is 30.4. The summed E-state index contributed by atoms with van der Waals surface area (Å²) in [6, 6.07) is 0.619. The van der Waals surface area contributed by atoms with Gasteiger partial charge in [-0.3, -0.25) is 0 Å². The van der Waals surface area contributed by atoms with Crippen molar-refractivity contribution in [2.45, 2.75) is 63.3 Å². The van der Waals surface area contributed by atoms with Gasteiger partial charge in [-0.05, 0) is 44.8 Å². The minimum Gasteiger partial charge on any atom is -0.389 e. The number of hydrogen-bond donors (Lipinski definition) is 2. The molecule has 0 aromatic rings. The van der Waals surface area contributed by atoms with Gasteiger partial charge in [0.05, 0.1) is 5.60 Å². The monoisotopic (exact) mass is 245 g/mol. The maximum absolute atomic E-state index is 10.2. The lowest BCUT2D eigenvalue weighted by Gasteiger charge is -2.33. The summed E-state index contributed by atoms with van der Waals surface area (Å²) in [6.07, 6.45) is 7.38. The van der Waals surface area contributed by atoms with Gasteiger partial charge in [-0.1, -0.05) is 13.8 Å². The Morgan fingerprint density at radius 1 is 1.31 bits per heavy atom. The second kappa shape index (κ2) is 6.27. The summed E-state index contributed by atoms with van der Waals surface area (Å²) in [6.45, 7) is 6.80. The second-order valence-electron chi connectivity index (χ2n) is 5.60. The summed E-state index contributed by atoms with van der Waals surface area (Å²) < 4.78 is 0. The van der Waals surface area contributed by atoms with Crippen molar-refractivity contribution in [3.8, 4) is 0 Å². The third-order valence-electron chi connectivity index (χ3n) is 4.00. The van der Waals surface area contributed by atoms with E-state index in [1.165, 1.54) is 25.7 Å². The number of nitrogens with one attached hydrogen (secondary N) is 1. The Morgan fingerprint density at radius 3 is 2.31 bits per heavy atom. The first kappa shape index (κ1) is 14.3. The van der Waals surface area contributed by atoms with Crippen molar-refractivity contribution in [3.05, 3.63) is 0 Å². The van der Waals surface area contributed by atoms with Crippen LogP contribution in [0.5, 0.6) is 0 Å². The maximum atomic E-state index is 10.2. The van der Waals surface area contributed by atoms with Crippen LogP contribution in [-0.2, 0) is 0 Å². The van der Waals surface area contributed by atoms with Gasteiger partial charge in [-0.2, -0.15) is 11.8 Å². The molecule has 1 aliphatic carbocycles. The van der Waals surface area contributed by atoms with E-state index >= 15 is 0 Å². The average Bonchev–Trinajstić information content (AvgIpc) is 2.27. The lowest BCUT2D eigenvalue weighted by Crippen LogP contribution is -2.46. The molecule has 1 saturated carbocycles. The van der Waals surface area contributed by atoms with Crippen molar-refractivity contribution in [2.75, 3.05) is 12.8 Å². The van der Waals surface area contributed by atoms with Gasteiger partial charge in [-0.25, -0.2) is 0 Å². The molecule has 1 fully saturated rings. The van der Waals surface area contributed by atoms with E-state index in [1.54, 1.807) is 0 Å². The molecule has 1 unspecified atom stereocenters. The zero-order chi connectivity index (χ0) is 12.2. The smallest absolute Gasteiger partial charge is 0.0766 e. The summed E-state index contributed by atoms with van der Waals surface area (Å²) in [5, 5.41) is 14.5. The number of rotatable bonds is 5. The van der Waals surface area contributed by atoms with E-state index in [0.717, 1.165) is 11.8 Å². The molecule has 0 aromatic heterocycles. The third kappa shape index (κ3) is 4.27. The zero-order valence-electron chi connectivity index (χ0n) is 11.1. The Morgan fingerprint density at radius 2 is 1.88 bits per heavy atom. The van der Waals surface area contributed by atoms with Gasteiger partial charge in [-0.15, -0.1) is 0 Å². The Bertz CT molecular complexity index is 198. The average molecular weight is 245 g/mol. The molecule has 1 rings (SSSR count). The van der Waals surface area contributed by atoms with Crippen LogP contribution >= 0.6 is 11.8 Å². The molecule has 0 saturated heterocycles. The minimum atomic E-state index is -0.573. The number of aliphatic hydroxyl groups is 1. The second-order valence-corrected chi connectivity index (χ2v) is 6.74. The molecule has 3 heteroatoms. The van der Waals surface area contributed by atoms with Crippen LogP contribution < -0.4 is 5.32 Å². The van der Waals surface area contributed by atoms with Crippen molar-refractivity contribution in [1.82, 2.24) is 5.32 Å². The molecule has 0 spiro atoms. The van der Waals surface area contributed by atoms with Gasteiger partial charge < -0.3 is 10.4 Å². The van der Waals surface area contributed by atoms with Crippen molar-refractivity contribution >= 4 is 11.8 Å². The molecule has 0 amide bonds. The van der Waals surface area contributed by atoms with Gasteiger partial charge in [0.25, 0.3) is 0 Å². The standard InChI is InChI=1S/C13H27NOS/c1-10(2)13(3,15)9-14-11-5-7-12(16-4)8-6-11/h10-12,14-15H,5-9H2,1-4H3. The number of thioether (sulfide) groups is 1. The molecule has 96 valence electrons. The van der Waals surface area contributed by atoms with E-state index < -0.39 is 5.60 Å². The highest BCUT2D eigenvalue weighted by Crippen LogP contribution is 2.27. The molecule has 1 aliphatic rings. The molecule has 16 heavy (non-hydrogen) atoms. The fraction of sp³-hybridized carbons (Fsp3) is 1.00. The fourth-order valence-corrected chi connectivity index (χ4v) is 2.80. The first-order chi connectivity index (χ1) is 7.45. The largest absolute Gasteiger partial charge is 0.389 e. The Kier molecular flexibility index (Phi) is 5.62. The van der Waals surface area contributed by atoms with Crippen molar-refractivity contribution in [1.29, 1.82) is 0 Å². The van der Waals surface area contributed by atoms with Crippen molar-refractivity contribution < 1.29 is 5.11 Å². The first-order valence-corrected chi connectivity index (χ1v) is 7.73. The number of hydrogen-bond acceptors (Lipinski definition) is 3. The van der Waals surface area contributed by atoms with E-state index in [0.29, 0.717) is 12.0 Å². The highest BCUT2D eigenvalue weighted by atomic mass is 32.2. The molecule has 0 heterocycles. The SMILES string of the molecule is CSC1CCC(NCC(C)(O)C(C)C)CC1. The molecule has 2 N–H and O–H groups in total. The summed E-state index contributed by atoms with van der Waals surface area (Å²) in [4.78, 5) is 0. The quantitative estimate of drug-likeness (QED) is 0.781. The summed E-state index contributed by atoms with van der Waals surface area (Å²) >= 11 is 2.00. The van der Waals surface area contributed by atoms with Crippen molar-refractivity contribution in [2.24, 2.45) is 5.92 Å². The molecular weight excluding hydrogens is 218 g/mol. The van der Waals surface area contributed by atoms with Gasteiger partial charge in [0.1, 0.15) is 0 Å². The predicted molar refractivity (Wildman–Crippen MR) is 73.0 cm³/mol. The Balaban J connectivity index is 2.24. The van der Waals surface area contributed by atoms with Crippen LogP contribution in [0.4, 0.5) is 0 Å². The van der Waals surface area contributed by atoms with E-state index in [2.05, 4.69) is 25.4 Å². The summed E-state index contributed by atoms with van der Waals surface area (Å²) in [5.74, 6) is 0.308. The fourth-order valence-electron chi connectivity index (χ4n) is 2.06. The third-order valence-corrected chi connectivity index (χ3v) is 5.14. The van der Waals surface area contributed by atoms with Crippen LogP contribution in [0.2, 0.25) is 0 Å². The van der Waals surface area contributed by atoms with Gasteiger partial charge >= 0.3 is 0 Å². The van der Waals surface area contributed by atoms with Crippen LogP contribution in [0.3, 0.4) is 0 Å². The minimum absolute atomic E-state index is 0.308. The van der Waals surface area contributed by atoms with E-state index in [1.807, 2.05) is 18.7 Å². The molecule has 0 bridgehead atoms. The van der Waals surface area contributed by atoms with Crippen molar-refractivity contribution in [3.63, 3.8) is 0 Å². The molecule has 2 nitrogen and oxygen atoms in total. The van der Waals surface area contributed by atoms with Crippen LogP contribution in [-0.4, -0.2) is 34.8 Å². The molecule has 0 aliphatic heterocycles. The lowest BCUT2D eigenvalue weighted by atomic mass is 9.90. The molecule has 1 atom stereocenters. The topological polar surface area (TPSA) is 32.3 Å². The first-order valence-electron chi connectivity index (χ1n) is 6.44. The maximum Gasteiger partial charge on any atom is 0.0766 e. The van der Waals surface area contributed by atoms with Crippen LogP contribution in [0.1, 0.15) is 46.5 Å². The van der Waals surface area contributed by atoms with Gasteiger partial charge in [0.2, 0.25) is 0 Å².